The number of hydrogen-bond donors (Lipinski definition) is 3. The van der Waals surface area contributed by atoms with E-state index < -0.39 is 11.6 Å². The number of aromatic nitrogens is 2. The average Bonchev–Trinajstić information content (AvgIpc) is 3.50. The Morgan fingerprint density at radius 3 is 2.73 bits per heavy atom. The Kier molecular flexibility index (Phi) is 4.90. The van der Waals surface area contributed by atoms with Gasteiger partial charge in [0.2, 0.25) is 0 Å². The maximum atomic E-state index is 15.2. The van der Waals surface area contributed by atoms with Crippen LogP contribution in [0.5, 0.6) is 0 Å². The molecule has 5 aliphatic rings. The van der Waals surface area contributed by atoms with Crippen LogP contribution >= 0.6 is 0 Å². The highest BCUT2D eigenvalue weighted by molar-refractivity contribution is 5.94. The van der Waals surface area contributed by atoms with Crippen molar-refractivity contribution in [3.8, 4) is 11.4 Å². The van der Waals surface area contributed by atoms with Crippen LogP contribution in [-0.2, 0) is 39.4 Å². The molecule has 0 amide bonds. The predicted octanol–water partition coefficient (Wildman–Crippen LogP) is 1.76. The summed E-state index contributed by atoms with van der Waals surface area (Å²) in [7, 11) is 0. The van der Waals surface area contributed by atoms with Crippen LogP contribution in [0.1, 0.15) is 52.6 Å². The standard InChI is InChI=1S/C30H30FN3O6/c1-3-30(38)18-5-21-25-16(7-34(21)27(36)17(18)8-40-28(30)37)23-22-14(13(2)19(31)6-20(22)33-25)4-15-24(23)26(15)32-9-29(10-35)11-39-12-29/h5-6,15,24,26,32,35,38H,3-4,7-12H2,1-2H3/t15?,24-,26?,30+/m1/s1. The molecule has 40 heavy (non-hydrogen) atoms. The summed E-state index contributed by atoms with van der Waals surface area (Å²) < 4.78 is 27.4. The van der Waals surface area contributed by atoms with E-state index in [0.717, 1.165) is 28.5 Å². The van der Waals surface area contributed by atoms with E-state index in [1.165, 1.54) is 6.07 Å². The molecule has 8 rings (SSSR count). The highest BCUT2D eigenvalue weighted by Crippen LogP contribution is 2.59. The molecule has 208 valence electrons. The molecule has 0 spiro atoms. The Bertz CT molecular complexity index is 1720. The summed E-state index contributed by atoms with van der Waals surface area (Å²) in [6.07, 6.45) is 0.805. The second-order valence-corrected chi connectivity index (χ2v) is 12.3. The molecule has 3 N–H and O–H groups in total. The highest BCUT2D eigenvalue weighted by atomic mass is 19.1. The maximum absolute atomic E-state index is 15.2. The number of pyridine rings is 2. The minimum absolute atomic E-state index is 0.0563. The summed E-state index contributed by atoms with van der Waals surface area (Å²) in [6, 6.07) is 3.33. The van der Waals surface area contributed by atoms with Crippen LogP contribution in [0.3, 0.4) is 0 Å². The Hall–Kier alpha value is -3.18. The van der Waals surface area contributed by atoms with Gasteiger partial charge in [0.1, 0.15) is 12.4 Å². The normalized spacial score (nSPS) is 28.3. The van der Waals surface area contributed by atoms with Gasteiger partial charge in [-0.1, -0.05) is 6.92 Å². The fourth-order valence-corrected chi connectivity index (χ4v) is 7.56. The lowest BCUT2D eigenvalue weighted by atomic mass is 9.84. The Balaban J connectivity index is 1.30. The first-order valence-electron chi connectivity index (χ1n) is 13.9. The molecule has 5 heterocycles. The third kappa shape index (κ3) is 2.97. The first kappa shape index (κ1) is 24.6. The lowest BCUT2D eigenvalue weighted by molar-refractivity contribution is -0.172. The Morgan fingerprint density at radius 2 is 2.02 bits per heavy atom. The van der Waals surface area contributed by atoms with Gasteiger partial charge < -0.3 is 29.6 Å². The molecule has 3 aliphatic heterocycles. The molecule has 1 saturated heterocycles. The van der Waals surface area contributed by atoms with Crippen molar-refractivity contribution in [1.29, 1.82) is 0 Å². The van der Waals surface area contributed by atoms with Gasteiger partial charge in [0, 0.05) is 41.1 Å². The van der Waals surface area contributed by atoms with Crippen molar-refractivity contribution in [1.82, 2.24) is 14.9 Å². The molecule has 2 aromatic heterocycles. The molecule has 0 radical (unpaired) electrons. The quantitative estimate of drug-likeness (QED) is 0.323. The largest absolute Gasteiger partial charge is 0.458 e. The number of hydrogen-bond acceptors (Lipinski definition) is 8. The van der Waals surface area contributed by atoms with Crippen LogP contribution in [0, 0.1) is 24.1 Å². The van der Waals surface area contributed by atoms with E-state index in [9.17, 15) is 19.8 Å². The zero-order chi connectivity index (χ0) is 27.7. The number of cyclic esters (lactones) is 1. The number of esters is 1. The van der Waals surface area contributed by atoms with Gasteiger partial charge in [0.05, 0.1) is 54.2 Å². The van der Waals surface area contributed by atoms with Crippen molar-refractivity contribution in [2.75, 3.05) is 26.4 Å². The number of nitrogens with one attached hydrogen (secondary N) is 1. The molecule has 4 atom stereocenters. The number of nitrogens with zero attached hydrogens (tertiary/aromatic N) is 2. The second kappa shape index (κ2) is 7.97. The van der Waals surface area contributed by atoms with E-state index in [0.29, 0.717) is 48.8 Å². The minimum atomic E-state index is -1.91. The summed E-state index contributed by atoms with van der Waals surface area (Å²) in [5, 5.41) is 25.8. The van der Waals surface area contributed by atoms with Crippen LogP contribution in [0.2, 0.25) is 0 Å². The van der Waals surface area contributed by atoms with Gasteiger partial charge >= 0.3 is 5.97 Å². The van der Waals surface area contributed by atoms with Crippen LogP contribution in [0.4, 0.5) is 4.39 Å². The minimum Gasteiger partial charge on any atom is -0.458 e. The maximum Gasteiger partial charge on any atom is 0.343 e. The van der Waals surface area contributed by atoms with E-state index in [4.69, 9.17) is 14.5 Å². The third-order valence-electron chi connectivity index (χ3n) is 10.2. The number of aliphatic hydroxyl groups is 2. The van der Waals surface area contributed by atoms with Crippen molar-refractivity contribution >= 4 is 16.9 Å². The number of fused-ring (bicyclic) bond motifs is 7. The lowest BCUT2D eigenvalue weighted by Crippen LogP contribution is -2.52. The van der Waals surface area contributed by atoms with Gasteiger partial charge in [-0.15, -0.1) is 0 Å². The van der Waals surface area contributed by atoms with E-state index >= 15 is 4.39 Å². The monoisotopic (exact) mass is 547 g/mol. The number of carbonyl (C=O) groups is 1. The van der Waals surface area contributed by atoms with Crippen LogP contribution in [0.25, 0.3) is 22.3 Å². The van der Waals surface area contributed by atoms with Crippen LogP contribution in [-0.4, -0.2) is 58.1 Å². The van der Waals surface area contributed by atoms with Crippen molar-refractivity contribution in [2.45, 2.75) is 57.4 Å². The fraction of sp³-hybridized carbons (Fsp3) is 0.500. The van der Waals surface area contributed by atoms with E-state index in [2.05, 4.69) is 5.32 Å². The zero-order valence-corrected chi connectivity index (χ0v) is 22.3. The Labute approximate surface area is 228 Å². The molecule has 9 nitrogen and oxygen atoms in total. The van der Waals surface area contributed by atoms with Crippen LogP contribution < -0.4 is 10.9 Å². The number of ether oxygens (including phenoxy) is 2. The van der Waals surface area contributed by atoms with Gasteiger partial charge in [-0.2, -0.15) is 0 Å². The van der Waals surface area contributed by atoms with Crippen molar-refractivity contribution < 1.29 is 28.9 Å². The fourth-order valence-electron chi connectivity index (χ4n) is 7.56. The number of rotatable bonds is 5. The molecule has 0 bridgehead atoms. The van der Waals surface area contributed by atoms with Gasteiger partial charge in [-0.25, -0.2) is 14.2 Å². The summed E-state index contributed by atoms with van der Waals surface area (Å²) in [6.45, 7) is 5.36. The lowest BCUT2D eigenvalue weighted by Gasteiger charge is -2.40. The number of halogens is 1. The molecular weight excluding hydrogens is 517 g/mol. The summed E-state index contributed by atoms with van der Waals surface area (Å²) >= 11 is 0. The van der Waals surface area contributed by atoms with E-state index in [1.807, 2.05) is 6.92 Å². The smallest absolute Gasteiger partial charge is 0.343 e. The molecule has 3 aromatic rings. The zero-order valence-electron chi connectivity index (χ0n) is 22.3. The third-order valence-corrected chi connectivity index (χ3v) is 10.2. The molecule has 2 aliphatic carbocycles. The summed E-state index contributed by atoms with van der Waals surface area (Å²) in [4.78, 5) is 31.2. The predicted molar refractivity (Wildman–Crippen MR) is 141 cm³/mol. The highest BCUT2D eigenvalue weighted by Gasteiger charge is 2.56. The summed E-state index contributed by atoms with van der Waals surface area (Å²) in [5.41, 5.74) is 3.38. The topological polar surface area (TPSA) is 123 Å². The average molecular weight is 548 g/mol. The first-order valence-corrected chi connectivity index (χ1v) is 13.9. The van der Waals surface area contributed by atoms with Crippen molar-refractivity contribution in [3.05, 3.63) is 61.7 Å². The van der Waals surface area contributed by atoms with Gasteiger partial charge in [-0.05, 0) is 48.4 Å². The SMILES string of the molecule is CC[C@@]1(O)C(=O)OCc2c1cc1n(c2=O)Cc2c-1nc1cc(F)c(C)c3c1c2[C@H]1C(C3)C1NCC1(CO)COC1. The summed E-state index contributed by atoms with van der Waals surface area (Å²) in [5.74, 6) is -0.630. The number of benzene rings is 1. The molecule has 1 aromatic carbocycles. The van der Waals surface area contributed by atoms with Gasteiger partial charge in [0.15, 0.2) is 5.60 Å². The van der Waals surface area contributed by atoms with Crippen LogP contribution in [0.15, 0.2) is 16.9 Å². The van der Waals surface area contributed by atoms with Gasteiger partial charge in [-0.3, -0.25) is 4.79 Å². The van der Waals surface area contributed by atoms with Crippen molar-refractivity contribution in [3.63, 3.8) is 0 Å². The van der Waals surface area contributed by atoms with Gasteiger partial charge in [0.25, 0.3) is 5.56 Å². The molecule has 2 unspecified atom stereocenters. The molecular formula is C30H30FN3O6. The van der Waals surface area contributed by atoms with E-state index in [-0.39, 0.29) is 65.4 Å². The molecule has 2 fully saturated rings. The second-order valence-electron chi connectivity index (χ2n) is 12.3. The number of carbonyl (C=O) groups excluding carboxylic acids is 1. The first-order chi connectivity index (χ1) is 19.2. The number of aliphatic hydroxyl groups excluding tert-OH is 1. The molecule has 1 saturated carbocycles. The molecule has 10 heteroatoms. The van der Waals surface area contributed by atoms with Crippen molar-refractivity contribution in [2.24, 2.45) is 11.3 Å². The Morgan fingerprint density at radius 1 is 1.23 bits per heavy atom. The van der Waals surface area contributed by atoms with E-state index in [1.54, 1.807) is 17.6 Å².